The van der Waals surface area contributed by atoms with Crippen LogP contribution in [0.4, 0.5) is 17.1 Å². The smallest absolute Gasteiger partial charge is 0.228 e. The summed E-state index contributed by atoms with van der Waals surface area (Å²) in [6, 6.07) is 71.6. The Morgan fingerprint density at radius 1 is 0.439 bits per heavy atom. The number of aromatic nitrogens is 2. The third-order valence-corrected chi connectivity index (χ3v) is 11.5. The van der Waals surface area contributed by atoms with Gasteiger partial charge in [-0.2, -0.15) is 0 Å². The number of para-hydroxylation sites is 3. The van der Waals surface area contributed by atoms with Gasteiger partial charge in [-0.15, -0.1) is 0 Å². The highest BCUT2D eigenvalue weighted by Crippen LogP contribution is 2.49. The average molecular weight is 728 g/mol. The second-order valence-electron chi connectivity index (χ2n) is 14.7. The number of nitrogens with zero attached hydrogens (tertiary/aromatic N) is 3. The van der Waals surface area contributed by atoms with E-state index in [2.05, 4.69) is 210 Å². The summed E-state index contributed by atoms with van der Waals surface area (Å²) >= 11 is 0. The van der Waals surface area contributed by atoms with Crippen molar-refractivity contribution in [2.75, 3.05) is 4.90 Å². The van der Waals surface area contributed by atoms with E-state index in [4.69, 9.17) is 9.40 Å². The number of hydrogen-bond donors (Lipinski definition) is 0. The topological polar surface area (TPSA) is 34.2 Å². The predicted molar refractivity (Wildman–Crippen MR) is 238 cm³/mol. The van der Waals surface area contributed by atoms with Gasteiger partial charge in [-0.1, -0.05) is 146 Å². The molecule has 0 bridgehead atoms. The van der Waals surface area contributed by atoms with E-state index < -0.39 is 0 Å². The van der Waals surface area contributed by atoms with Crippen LogP contribution in [-0.4, -0.2) is 9.55 Å². The second kappa shape index (κ2) is 12.4. The molecule has 266 valence electrons. The quantitative estimate of drug-likeness (QED) is 0.166. The van der Waals surface area contributed by atoms with Crippen molar-refractivity contribution in [2.24, 2.45) is 0 Å². The molecule has 0 aliphatic heterocycles. The van der Waals surface area contributed by atoms with Crippen molar-refractivity contribution in [3.8, 4) is 17.1 Å². The second-order valence-corrected chi connectivity index (χ2v) is 14.7. The summed E-state index contributed by atoms with van der Waals surface area (Å²) in [5, 5.41) is 11.8. The van der Waals surface area contributed by atoms with Crippen LogP contribution in [-0.2, 0) is 0 Å². The molecule has 12 aromatic rings. The normalized spacial score (nSPS) is 11.9. The van der Waals surface area contributed by atoms with Crippen molar-refractivity contribution in [1.29, 1.82) is 0 Å². The van der Waals surface area contributed by atoms with Gasteiger partial charge in [0.1, 0.15) is 5.52 Å². The van der Waals surface area contributed by atoms with Gasteiger partial charge in [0.15, 0.2) is 5.58 Å². The summed E-state index contributed by atoms with van der Waals surface area (Å²) < 4.78 is 9.41. The lowest BCUT2D eigenvalue weighted by Gasteiger charge is -2.27. The fourth-order valence-corrected chi connectivity index (χ4v) is 9.01. The van der Waals surface area contributed by atoms with E-state index in [1.54, 1.807) is 0 Å². The van der Waals surface area contributed by atoms with Gasteiger partial charge in [0.2, 0.25) is 5.89 Å². The average Bonchev–Trinajstić information content (AvgIpc) is 3.87. The predicted octanol–water partition coefficient (Wildman–Crippen LogP) is 14.7. The monoisotopic (exact) mass is 727 g/mol. The fourth-order valence-electron chi connectivity index (χ4n) is 9.01. The standard InChI is InChI=1S/C53H33N3O/c1-2-18-38(19-3-1)56-47-26-11-10-23-44(47)50-49(32-37-16-6-9-22-42(37)51(50)56)55(39-31-30-36-29-28-35-15-5-8-21-41(35)45(36)33-39)48-27-13-25-46-52(48)57-53(54-46)43-24-12-17-34-14-4-7-20-40(34)43/h1-33H. The van der Waals surface area contributed by atoms with Crippen LogP contribution in [0.5, 0.6) is 0 Å². The van der Waals surface area contributed by atoms with E-state index in [-0.39, 0.29) is 0 Å². The van der Waals surface area contributed by atoms with Crippen LogP contribution in [0.25, 0.3) is 93.1 Å². The Hall–Kier alpha value is -7.69. The number of fused-ring (bicyclic) bond motifs is 10. The number of oxazole rings is 1. The molecule has 0 radical (unpaired) electrons. The minimum atomic E-state index is 0.600. The van der Waals surface area contributed by atoms with Crippen molar-refractivity contribution >= 4 is 93.1 Å². The maximum absolute atomic E-state index is 6.98. The number of anilines is 3. The number of benzene rings is 10. The lowest BCUT2D eigenvalue weighted by molar-refractivity contribution is 0.621. The molecular formula is C53H33N3O. The van der Waals surface area contributed by atoms with Gasteiger partial charge in [-0.05, 0) is 92.3 Å². The molecule has 12 rings (SSSR count). The minimum Gasteiger partial charge on any atom is -0.434 e. The van der Waals surface area contributed by atoms with Gasteiger partial charge in [-0.3, -0.25) is 0 Å². The van der Waals surface area contributed by atoms with Crippen LogP contribution in [0.15, 0.2) is 205 Å². The van der Waals surface area contributed by atoms with E-state index in [0.717, 1.165) is 72.0 Å². The molecule has 4 nitrogen and oxygen atoms in total. The third-order valence-electron chi connectivity index (χ3n) is 11.5. The minimum absolute atomic E-state index is 0.600. The van der Waals surface area contributed by atoms with Gasteiger partial charge >= 0.3 is 0 Å². The van der Waals surface area contributed by atoms with Crippen LogP contribution in [0.3, 0.4) is 0 Å². The first-order valence-corrected chi connectivity index (χ1v) is 19.4. The van der Waals surface area contributed by atoms with Gasteiger partial charge in [0.05, 0.1) is 22.4 Å². The van der Waals surface area contributed by atoms with E-state index in [0.29, 0.717) is 5.89 Å². The lowest BCUT2D eigenvalue weighted by Crippen LogP contribution is -2.11. The first-order chi connectivity index (χ1) is 28.3. The van der Waals surface area contributed by atoms with Gasteiger partial charge in [0, 0.05) is 33.1 Å². The molecule has 2 aromatic heterocycles. The molecule has 0 unspecified atom stereocenters. The van der Waals surface area contributed by atoms with E-state index in [1.807, 2.05) is 0 Å². The van der Waals surface area contributed by atoms with Gasteiger partial charge < -0.3 is 13.9 Å². The Morgan fingerprint density at radius 3 is 1.91 bits per heavy atom. The van der Waals surface area contributed by atoms with Crippen molar-refractivity contribution in [1.82, 2.24) is 9.55 Å². The summed E-state index contributed by atoms with van der Waals surface area (Å²) in [5.74, 6) is 0.600. The highest BCUT2D eigenvalue weighted by molar-refractivity contribution is 6.25. The molecule has 0 amide bonds. The lowest BCUT2D eigenvalue weighted by atomic mass is 9.99. The van der Waals surface area contributed by atoms with Crippen LogP contribution < -0.4 is 4.90 Å². The summed E-state index contributed by atoms with van der Waals surface area (Å²) in [7, 11) is 0. The molecule has 2 heterocycles. The molecule has 4 heteroatoms. The maximum Gasteiger partial charge on any atom is 0.228 e. The summed E-state index contributed by atoms with van der Waals surface area (Å²) in [6.45, 7) is 0. The van der Waals surface area contributed by atoms with Crippen LogP contribution >= 0.6 is 0 Å². The maximum atomic E-state index is 6.98. The molecule has 0 fully saturated rings. The van der Waals surface area contributed by atoms with Gasteiger partial charge in [0.25, 0.3) is 0 Å². The van der Waals surface area contributed by atoms with E-state index in [1.165, 1.54) is 32.3 Å². The Kier molecular flexibility index (Phi) is 6.89. The number of rotatable bonds is 5. The van der Waals surface area contributed by atoms with Crippen LogP contribution in [0.1, 0.15) is 0 Å². The molecule has 0 saturated carbocycles. The van der Waals surface area contributed by atoms with E-state index in [9.17, 15) is 0 Å². The van der Waals surface area contributed by atoms with E-state index >= 15 is 0 Å². The third kappa shape index (κ3) is 4.84. The molecule has 57 heavy (non-hydrogen) atoms. The molecule has 0 aliphatic carbocycles. The first-order valence-electron chi connectivity index (χ1n) is 19.4. The fraction of sp³-hybridized carbons (Fsp3) is 0. The zero-order chi connectivity index (χ0) is 37.5. The van der Waals surface area contributed by atoms with Crippen molar-refractivity contribution in [2.45, 2.75) is 0 Å². The Labute approximate surface area is 328 Å². The SMILES string of the molecule is c1ccc(-n2c3ccccc3c3c(N(c4ccc5ccc6ccccc6c5c4)c4cccc5nc(-c6cccc7ccccc67)oc45)cc4ccccc4c32)cc1. The number of hydrogen-bond acceptors (Lipinski definition) is 3. The van der Waals surface area contributed by atoms with Crippen LogP contribution in [0.2, 0.25) is 0 Å². The molecule has 0 aliphatic rings. The zero-order valence-electron chi connectivity index (χ0n) is 30.8. The van der Waals surface area contributed by atoms with Gasteiger partial charge in [-0.25, -0.2) is 4.98 Å². The van der Waals surface area contributed by atoms with Crippen LogP contribution in [0, 0.1) is 0 Å². The highest BCUT2D eigenvalue weighted by Gasteiger charge is 2.26. The molecule has 0 saturated heterocycles. The van der Waals surface area contributed by atoms with Crippen molar-refractivity contribution in [3.63, 3.8) is 0 Å². The molecule has 10 aromatic carbocycles. The van der Waals surface area contributed by atoms with Crippen molar-refractivity contribution < 1.29 is 4.42 Å². The Balaban J connectivity index is 1.22. The van der Waals surface area contributed by atoms with Crippen molar-refractivity contribution in [3.05, 3.63) is 200 Å². The Morgan fingerprint density at radius 2 is 1.07 bits per heavy atom. The summed E-state index contributed by atoms with van der Waals surface area (Å²) in [4.78, 5) is 7.56. The Bertz CT molecular complexity index is 3540. The summed E-state index contributed by atoms with van der Waals surface area (Å²) in [6.07, 6.45) is 0. The summed E-state index contributed by atoms with van der Waals surface area (Å²) in [5.41, 5.74) is 8.93. The molecular weight excluding hydrogens is 695 g/mol. The highest BCUT2D eigenvalue weighted by atomic mass is 16.3. The molecule has 0 atom stereocenters. The molecule has 0 N–H and O–H groups in total. The largest absolute Gasteiger partial charge is 0.434 e. The zero-order valence-corrected chi connectivity index (χ0v) is 30.8. The first kappa shape index (κ1) is 31.6. The molecule has 0 spiro atoms.